The fourth-order valence-electron chi connectivity index (χ4n) is 2.73. The number of carbonyl (C=O) groups excluding carboxylic acids is 2. The molecule has 2 aliphatic rings. The van der Waals surface area contributed by atoms with Crippen molar-refractivity contribution in [3.8, 4) is 0 Å². The van der Waals surface area contributed by atoms with Crippen molar-refractivity contribution < 1.29 is 9.59 Å². The van der Waals surface area contributed by atoms with Crippen molar-refractivity contribution in [2.75, 3.05) is 16.8 Å². The standard InChI is InChI=1S/C14H14BrNO2/c15-7-9-5-14(18)16(8-9)11-3-1-10-2-4-13(17)12(10)6-11/h1,3,6,9H,2,4-5,7-8H2. The molecule has 1 atom stereocenters. The Bertz CT molecular complexity index is 527. The summed E-state index contributed by atoms with van der Waals surface area (Å²) in [5.41, 5.74) is 2.80. The van der Waals surface area contributed by atoms with Crippen molar-refractivity contribution >= 4 is 33.3 Å². The van der Waals surface area contributed by atoms with Crippen LogP contribution in [-0.2, 0) is 11.2 Å². The van der Waals surface area contributed by atoms with Gasteiger partial charge in [-0.2, -0.15) is 0 Å². The SMILES string of the molecule is O=C1CCc2ccc(N3CC(CBr)CC3=O)cc21. The van der Waals surface area contributed by atoms with Gasteiger partial charge in [-0.3, -0.25) is 9.59 Å². The molecule has 1 heterocycles. The van der Waals surface area contributed by atoms with E-state index in [2.05, 4.69) is 15.9 Å². The zero-order chi connectivity index (χ0) is 12.7. The maximum Gasteiger partial charge on any atom is 0.227 e. The van der Waals surface area contributed by atoms with Gasteiger partial charge in [-0.05, 0) is 30.0 Å². The summed E-state index contributed by atoms with van der Waals surface area (Å²) in [6.45, 7) is 0.747. The molecule has 0 N–H and O–H groups in total. The van der Waals surface area contributed by atoms with Crippen LogP contribution in [0.3, 0.4) is 0 Å². The van der Waals surface area contributed by atoms with Crippen molar-refractivity contribution in [3.63, 3.8) is 0 Å². The number of aryl methyl sites for hydroxylation is 1. The van der Waals surface area contributed by atoms with Gasteiger partial charge in [0.2, 0.25) is 5.91 Å². The lowest BCUT2D eigenvalue weighted by Gasteiger charge is -2.17. The molecule has 1 aromatic rings. The molecule has 0 spiro atoms. The van der Waals surface area contributed by atoms with Crippen molar-refractivity contribution in [1.82, 2.24) is 0 Å². The van der Waals surface area contributed by atoms with Crippen molar-refractivity contribution in [3.05, 3.63) is 29.3 Å². The number of amides is 1. The number of hydrogen-bond acceptors (Lipinski definition) is 2. The molecule has 1 aliphatic carbocycles. The predicted octanol–water partition coefficient (Wildman–Crippen LogP) is 2.56. The zero-order valence-corrected chi connectivity index (χ0v) is 11.6. The van der Waals surface area contributed by atoms with Gasteiger partial charge < -0.3 is 4.90 Å². The van der Waals surface area contributed by atoms with E-state index < -0.39 is 0 Å². The minimum absolute atomic E-state index is 0.157. The molecule has 1 saturated heterocycles. The molecule has 18 heavy (non-hydrogen) atoms. The van der Waals surface area contributed by atoms with Crippen LogP contribution in [0.15, 0.2) is 18.2 Å². The Morgan fingerprint density at radius 2 is 2.11 bits per heavy atom. The number of fused-ring (bicyclic) bond motifs is 1. The predicted molar refractivity (Wildman–Crippen MR) is 73.3 cm³/mol. The molecular weight excluding hydrogens is 294 g/mol. The van der Waals surface area contributed by atoms with Crippen LogP contribution < -0.4 is 4.90 Å². The third-order valence-electron chi connectivity index (χ3n) is 3.75. The number of ketones is 1. The number of benzene rings is 1. The number of Topliss-reactive ketones (excluding diaryl/α,β-unsaturated/α-hetero) is 1. The lowest BCUT2D eigenvalue weighted by Crippen LogP contribution is -2.24. The second kappa shape index (κ2) is 4.50. The van der Waals surface area contributed by atoms with Crippen LogP contribution in [0.25, 0.3) is 0 Å². The van der Waals surface area contributed by atoms with E-state index in [9.17, 15) is 9.59 Å². The van der Waals surface area contributed by atoms with Gasteiger partial charge in [-0.15, -0.1) is 0 Å². The topological polar surface area (TPSA) is 37.4 Å². The molecule has 1 aliphatic heterocycles. The summed E-state index contributed by atoms with van der Waals surface area (Å²) in [6, 6.07) is 5.84. The molecule has 3 nitrogen and oxygen atoms in total. The van der Waals surface area contributed by atoms with Gasteiger partial charge in [0.25, 0.3) is 0 Å². The van der Waals surface area contributed by atoms with E-state index in [0.717, 1.165) is 35.1 Å². The largest absolute Gasteiger partial charge is 0.312 e. The average Bonchev–Trinajstić information content (AvgIpc) is 2.93. The quantitative estimate of drug-likeness (QED) is 0.788. The van der Waals surface area contributed by atoms with E-state index in [1.54, 1.807) is 4.90 Å². The van der Waals surface area contributed by atoms with Crippen LogP contribution in [0, 0.1) is 5.92 Å². The van der Waals surface area contributed by atoms with Gasteiger partial charge in [0.1, 0.15) is 0 Å². The van der Waals surface area contributed by atoms with E-state index in [4.69, 9.17) is 0 Å². The van der Waals surface area contributed by atoms with Gasteiger partial charge in [-0.1, -0.05) is 22.0 Å². The molecule has 1 amide bonds. The summed E-state index contributed by atoms with van der Waals surface area (Å²) < 4.78 is 0. The highest BCUT2D eigenvalue weighted by Gasteiger charge is 2.31. The Morgan fingerprint density at radius 3 is 2.83 bits per heavy atom. The molecule has 1 aromatic carbocycles. The Morgan fingerprint density at radius 1 is 1.28 bits per heavy atom. The van der Waals surface area contributed by atoms with Crippen LogP contribution in [0.5, 0.6) is 0 Å². The molecule has 1 fully saturated rings. The number of rotatable bonds is 2. The van der Waals surface area contributed by atoms with Crippen LogP contribution in [-0.4, -0.2) is 23.6 Å². The summed E-state index contributed by atoms with van der Waals surface area (Å²) in [6.07, 6.45) is 2.04. The monoisotopic (exact) mass is 307 g/mol. The molecule has 0 bridgehead atoms. The van der Waals surface area contributed by atoms with E-state index in [1.807, 2.05) is 18.2 Å². The lowest BCUT2D eigenvalue weighted by molar-refractivity contribution is -0.117. The maximum absolute atomic E-state index is 11.9. The molecule has 0 radical (unpaired) electrons. The van der Waals surface area contributed by atoms with Crippen molar-refractivity contribution in [2.24, 2.45) is 5.92 Å². The van der Waals surface area contributed by atoms with Gasteiger partial charge >= 0.3 is 0 Å². The third kappa shape index (κ3) is 1.88. The number of halogens is 1. The molecule has 4 heteroatoms. The van der Waals surface area contributed by atoms with Gasteiger partial charge in [-0.25, -0.2) is 0 Å². The highest BCUT2D eigenvalue weighted by Crippen LogP contribution is 2.30. The molecular formula is C14H14BrNO2. The minimum atomic E-state index is 0.157. The molecule has 3 rings (SSSR count). The number of carbonyl (C=O) groups is 2. The number of hydrogen-bond donors (Lipinski definition) is 0. The van der Waals surface area contributed by atoms with E-state index in [-0.39, 0.29) is 11.7 Å². The Kier molecular flexibility index (Phi) is 2.98. The lowest BCUT2D eigenvalue weighted by atomic mass is 10.1. The Labute approximate surface area is 114 Å². The van der Waals surface area contributed by atoms with Crippen molar-refractivity contribution in [1.29, 1.82) is 0 Å². The first kappa shape index (κ1) is 11.9. The van der Waals surface area contributed by atoms with Crippen LogP contribution in [0.4, 0.5) is 5.69 Å². The number of nitrogens with zero attached hydrogens (tertiary/aromatic N) is 1. The normalized spacial score (nSPS) is 22.7. The maximum atomic E-state index is 11.9. The Hall–Kier alpha value is -1.16. The first-order valence-corrected chi connectivity index (χ1v) is 7.33. The number of anilines is 1. The first-order chi connectivity index (χ1) is 8.69. The molecule has 1 unspecified atom stereocenters. The minimum Gasteiger partial charge on any atom is -0.312 e. The second-order valence-corrected chi connectivity index (χ2v) is 5.64. The highest BCUT2D eigenvalue weighted by atomic mass is 79.9. The highest BCUT2D eigenvalue weighted by molar-refractivity contribution is 9.09. The van der Waals surface area contributed by atoms with Gasteiger partial charge in [0.15, 0.2) is 5.78 Å². The van der Waals surface area contributed by atoms with E-state index in [1.165, 1.54) is 0 Å². The van der Waals surface area contributed by atoms with Gasteiger partial charge in [0.05, 0.1) is 0 Å². The third-order valence-corrected chi connectivity index (χ3v) is 4.67. The average molecular weight is 308 g/mol. The summed E-state index contributed by atoms with van der Waals surface area (Å²) in [5, 5.41) is 0.846. The smallest absolute Gasteiger partial charge is 0.227 e. The molecule has 94 valence electrons. The van der Waals surface area contributed by atoms with E-state index in [0.29, 0.717) is 18.8 Å². The molecule has 0 aromatic heterocycles. The first-order valence-electron chi connectivity index (χ1n) is 6.21. The summed E-state index contributed by atoms with van der Waals surface area (Å²) in [4.78, 5) is 25.5. The fourth-order valence-corrected chi connectivity index (χ4v) is 3.16. The van der Waals surface area contributed by atoms with Gasteiger partial charge in [0, 0.05) is 36.0 Å². The van der Waals surface area contributed by atoms with Crippen molar-refractivity contribution in [2.45, 2.75) is 19.3 Å². The fraction of sp³-hybridized carbons (Fsp3) is 0.429. The number of alkyl halides is 1. The second-order valence-electron chi connectivity index (χ2n) is 4.99. The zero-order valence-electron chi connectivity index (χ0n) is 9.99. The summed E-state index contributed by atoms with van der Waals surface area (Å²) in [5.74, 6) is 0.738. The van der Waals surface area contributed by atoms with Crippen LogP contribution in [0.1, 0.15) is 28.8 Å². The molecule has 0 saturated carbocycles. The van der Waals surface area contributed by atoms with Crippen LogP contribution >= 0.6 is 15.9 Å². The Balaban J connectivity index is 1.92. The van der Waals surface area contributed by atoms with Crippen LogP contribution in [0.2, 0.25) is 0 Å². The summed E-state index contributed by atoms with van der Waals surface area (Å²) >= 11 is 3.43. The summed E-state index contributed by atoms with van der Waals surface area (Å²) in [7, 11) is 0. The van der Waals surface area contributed by atoms with E-state index >= 15 is 0 Å².